The molecular formula is C24H28N4O3. The molecule has 2 N–H and O–H groups in total. The van der Waals surface area contributed by atoms with E-state index in [2.05, 4.69) is 45.7 Å². The van der Waals surface area contributed by atoms with Crippen LogP contribution in [0, 0.1) is 6.92 Å². The van der Waals surface area contributed by atoms with Gasteiger partial charge in [0.2, 0.25) is 17.7 Å². The van der Waals surface area contributed by atoms with Crippen molar-refractivity contribution in [3.8, 4) is 22.9 Å². The zero-order chi connectivity index (χ0) is 22.1. The minimum atomic E-state index is -0.0382. The third-order valence-corrected chi connectivity index (χ3v) is 4.89. The SMILES string of the molecule is COc1nc(OCc2cccc(-c3cccnc3)c2C)ccc1CNCCNC(C)=O. The van der Waals surface area contributed by atoms with Crippen molar-refractivity contribution in [2.75, 3.05) is 20.2 Å². The Balaban J connectivity index is 1.62. The van der Waals surface area contributed by atoms with Gasteiger partial charge in [-0.2, -0.15) is 4.98 Å². The van der Waals surface area contributed by atoms with Gasteiger partial charge in [-0.05, 0) is 35.7 Å². The standard InChI is InChI=1S/C24H28N4O3/c1-17-21(6-4-8-22(17)19-7-5-11-25-14-19)16-31-23-10-9-20(24(28-23)30-3)15-26-12-13-27-18(2)29/h4-11,14,26H,12-13,15-16H2,1-3H3,(H,27,29). The molecule has 7 nitrogen and oxygen atoms in total. The number of pyridine rings is 2. The Morgan fingerprint density at radius 2 is 1.94 bits per heavy atom. The second kappa shape index (κ2) is 11.1. The molecule has 3 aromatic rings. The van der Waals surface area contributed by atoms with Gasteiger partial charge in [-0.3, -0.25) is 9.78 Å². The van der Waals surface area contributed by atoms with E-state index in [9.17, 15) is 4.79 Å². The average molecular weight is 421 g/mol. The van der Waals surface area contributed by atoms with Gasteiger partial charge in [0.1, 0.15) is 6.61 Å². The molecule has 1 amide bonds. The number of carbonyl (C=O) groups is 1. The monoisotopic (exact) mass is 420 g/mol. The van der Waals surface area contributed by atoms with Crippen LogP contribution in [-0.4, -0.2) is 36.1 Å². The van der Waals surface area contributed by atoms with Gasteiger partial charge < -0.3 is 20.1 Å². The van der Waals surface area contributed by atoms with Gasteiger partial charge in [0.05, 0.1) is 7.11 Å². The second-order valence-electron chi connectivity index (χ2n) is 7.10. The minimum absolute atomic E-state index is 0.0382. The maximum Gasteiger partial charge on any atom is 0.220 e. The van der Waals surface area contributed by atoms with Gasteiger partial charge in [0, 0.05) is 56.1 Å². The van der Waals surface area contributed by atoms with Crippen molar-refractivity contribution in [1.29, 1.82) is 0 Å². The highest BCUT2D eigenvalue weighted by Gasteiger charge is 2.10. The molecule has 0 spiro atoms. The van der Waals surface area contributed by atoms with E-state index >= 15 is 0 Å². The molecule has 0 aliphatic heterocycles. The van der Waals surface area contributed by atoms with Gasteiger partial charge in [-0.1, -0.05) is 24.3 Å². The molecule has 3 rings (SSSR count). The number of methoxy groups -OCH3 is 1. The Labute approximate surface area is 182 Å². The molecular weight excluding hydrogens is 392 g/mol. The van der Waals surface area contributed by atoms with Crippen molar-refractivity contribution in [1.82, 2.24) is 20.6 Å². The summed E-state index contributed by atoms with van der Waals surface area (Å²) in [5, 5.41) is 6.01. The maximum absolute atomic E-state index is 10.9. The molecule has 0 fully saturated rings. The molecule has 0 radical (unpaired) electrons. The first-order chi connectivity index (χ1) is 15.1. The zero-order valence-electron chi connectivity index (χ0n) is 18.1. The molecule has 162 valence electrons. The Kier molecular flexibility index (Phi) is 7.95. The van der Waals surface area contributed by atoms with Crippen LogP contribution < -0.4 is 20.1 Å². The summed E-state index contributed by atoms with van der Waals surface area (Å²) in [6, 6.07) is 13.9. The van der Waals surface area contributed by atoms with Crippen LogP contribution in [0.4, 0.5) is 0 Å². The van der Waals surface area contributed by atoms with E-state index in [1.54, 1.807) is 13.3 Å². The van der Waals surface area contributed by atoms with Crippen molar-refractivity contribution >= 4 is 5.91 Å². The average Bonchev–Trinajstić information content (AvgIpc) is 2.79. The summed E-state index contributed by atoms with van der Waals surface area (Å²) in [5.41, 5.74) is 5.39. The number of aromatic nitrogens is 2. The number of ether oxygens (including phenoxy) is 2. The van der Waals surface area contributed by atoms with Crippen molar-refractivity contribution in [2.45, 2.75) is 27.0 Å². The quantitative estimate of drug-likeness (QED) is 0.490. The van der Waals surface area contributed by atoms with Gasteiger partial charge >= 0.3 is 0 Å². The fourth-order valence-electron chi connectivity index (χ4n) is 3.22. The molecule has 2 aromatic heterocycles. The summed E-state index contributed by atoms with van der Waals surface area (Å²) in [5.74, 6) is 0.985. The third-order valence-electron chi connectivity index (χ3n) is 4.89. The highest BCUT2D eigenvalue weighted by atomic mass is 16.5. The lowest BCUT2D eigenvalue weighted by atomic mass is 9.98. The summed E-state index contributed by atoms with van der Waals surface area (Å²) in [6.07, 6.45) is 3.63. The van der Waals surface area contributed by atoms with Crippen LogP contribution in [0.3, 0.4) is 0 Å². The molecule has 7 heteroatoms. The predicted octanol–water partition coefficient (Wildman–Crippen LogP) is 3.27. The molecule has 2 heterocycles. The number of amides is 1. The number of hydrogen-bond donors (Lipinski definition) is 2. The molecule has 0 aliphatic rings. The summed E-state index contributed by atoms with van der Waals surface area (Å²) in [7, 11) is 1.59. The van der Waals surface area contributed by atoms with E-state index < -0.39 is 0 Å². The van der Waals surface area contributed by atoms with Crippen molar-refractivity contribution in [3.63, 3.8) is 0 Å². The van der Waals surface area contributed by atoms with Gasteiger partial charge in [0.25, 0.3) is 0 Å². The lowest BCUT2D eigenvalue weighted by Gasteiger charge is -2.14. The summed E-state index contributed by atoms with van der Waals surface area (Å²) in [4.78, 5) is 19.6. The summed E-state index contributed by atoms with van der Waals surface area (Å²) >= 11 is 0. The van der Waals surface area contributed by atoms with E-state index in [0.29, 0.717) is 38.0 Å². The van der Waals surface area contributed by atoms with E-state index in [-0.39, 0.29) is 5.91 Å². The second-order valence-corrected chi connectivity index (χ2v) is 7.10. The Morgan fingerprint density at radius 3 is 2.68 bits per heavy atom. The molecule has 0 saturated carbocycles. The fourth-order valence-corrected chi connectivity index (χ4v) is 3.22. The van der Waals surface area contributed by atoms with Gasteiger partial charge in [0.15, 0.2) is 0 Å². The summed E-state index contributed by atoms with van der Waals surface area (Å²) in [6.45, 7) is 5.82. The van der Waals surface area contributed by atoms with Crippen molar-refractivity contribution < 1.29 is 14.3 Å². The molecule has 31 heavy (non-hydrogen) atoms. The lowest BCUT2D eigenvalue weighted by Crippen LogP contribution is -2.30. The van der Waals surface area contributed by atoms with Crippen LogP contribution in [0.2, 0.25) is 0 Å². The first-order valence-electron chi connectivity index (χ1n) is 10.2. The first-order valence-corrected chi connectivity index (χ1v) is 10.2. The number of carbonyl (C=O) groups excluding carboxylic acids is 1. The Bertz CT molecular complexity index is 1010. The Hall–Kier alpha value is -3.45. The highest BCUT2D eigenvalue weighted by Crippen LogP contribution is 2.26. The molecule has 0 bridgehead atoms. The van der Waals surface area contributed by atoms with E-state index in [4.69, 9.17) is 9.47 Å². The smallest absolute Gasteiger partial charge is 0.220 e. The number of hydrogen-bond acceptors (Lipinski definition) is 6. The van der Waals surface area contributed by atoms with Gasteiger partial charge in [-0.25, -0.2) is 0 Å². The highest BCUT2D eigenvalue weighted by molar-refractivity contribution is 5.72. The van der Waals surface area contributed by atoms with Crippen molar-refractivity contribution in [3.05, 3.63) is 71.5 Å². The van der Waals surface area contributed by atoms with Crippen LogP contribution in [0.5, 0.6) is 11.8 Å². The molecule has 0 saturated heterocycles. The van der Waals surface area contributed by atoms with Crippen LogP contribution >= 0.6 is 0 Å². The third kappa shape index (κ3) is 6.26. The first kappa shape index (κ1) is 22.2. The van der Waals surface area contributed by atoms with E-state index in [0.717, 1.165) is 27.8 Å². The molecule has 1 aromatic carbocycles. The van der Waals surface area contributed by atoms with Crippen LogP contribution in [0.15, 0.2) is 54.9 Å². The van der Waals surface area contributed by atoms with Crippen molar-refractivity contribution in [2.24, 2.45) is 0 Å². The largest absolute Gasteiger partial charge is 0.481 e. The van der Waals surface area contributed by atoms with Gasteiger partial charge in [-0.15, -0.1) is 0 Å². The topological polar surface area (TPSA) is 85.4 Å². The maximum atomic E-state index is 10.9. The van der Waals surface area contributed by atoms with Crippen LogP contribution in [0.1, 0.15) is 23.6 Å². The van der Waals surface area contributed by atoms with E-state index in [1.165, 1.54) is 6.92 Å². The number of rotatable bonds is 10. The van der Waals surface area contributed by atoms with Crippen LogP contribution in [-0.2, 0) is 17.9 Å². The fraction of sp³-hybridized carbons (Fsp3) is 0.292. The Morgan fingerprint density at radius 1 is 1.06 bits per heavy atom. The van der Waals surface area contributed by atoms with E-state index in [1.807, 2.05) is 30.5 Å². The molecule has 0 unspecified atom stereocenters. The normalized spacial score (nSPS) is 10.5. The molecule has 0 atom stereocenters. The number of benzene rings is 1. The minimum Gasteiger partial charge on any atom is -0.481 e. The number of nitrogens with zero attached hydrogens (tertiary/aromatic N) is 2. The summed E-state index contributed by atoms with van der Waals surface area (Å²) < 4.78 is 11.4. The predicted molar refractivity (Wildman–Crippen MR) is 120 cm³/mol. The zero-order valence-corrected chi connectivity index (χ0v) is 18.1. The lowest BCUT2D eigenvalue weighted by molar-refractivity contribution is -0.118. The molecule has 0 aliphatic carbocycles. The van der Waals surface area contributed by atoms with Crippen LogP contribution in [0.25, 0.3) is 11.1 Å². The number of nitrogens with one attached hydrogen (secondary N) is 2.